The van der Waals surface area contributed by atoms with Gasteiger partial charge in [0.25, 0.3) is 11.7 Å². The van der Waals surface area contributed by atoms with Crippen molar-refractivity contribution in [1.82, 2.24) is 4.90 Å². The van der Waals surface area contributed by atoms with Gasteiger partial charge in [-0.25, -0.2) is 4.39 Å². The SMILES string of the molecule is COc1ccc(F)cc1/C(O)=C1\C(=O)C(=O)N(C)C1c1ccc(OC(C)C)cc1. The van der Waals surface area contributed by atoms with Gasteiger partial charge in [0.15, 0.2) is 0 Å². The maximum atomic E-state index is 13.8. The summed E-state index contributed by atoms with van der Waals surface area (Å²) in [5.41, 5.74) is 0.488. The number of ether oxygens (including phenoxy) is 2. The first-order valence-electron chi connectivity index (χ1n) is 9.09. The lowest BCUT2D eigenvalue weighted by Gasteiger charge is -2.21. The van der Waals surface area contributed by atoms with Crippen LogP contribution in [0.5, 0.6) is 11.5 Å². The van der Waals surface area contributed by atoms with Crippen molar-refractivity contribution in [3.63, 3.8) is 0 Å². The number of hydrogen-bond donors (Lipinski definition) is 1. The lowest BCUT2D eigenvalue weighted by atomic mass is 9.95. The number of ketones is 1. The monoisotopic (exact) mass is 399 g/mol. The molecule has 1 atom stereocenters. The van der Waals surface area contributed by atoms with E-state index in [0.717, 1.165) is 6.07 Å². The van der Waals surface area contributed by atoms with E-state index >= 15 is 0 Å². The minimum atomic E-state index is -0.844. The van der Waals surface area contributed by atoms with E-state index in [1.54, 1.807) is 24.3 Å². The molecule has 1 aliphatic heterocycles. The summed E-state index contributed by atoms with van der Waals surface area (Å²) in [4.78, 5) is 26.3. The summed E-state index contributed by atoms with van der Waals surface area (Å²) < 4.78 is 24.6. The number of likely N-dealkylation sites (tertiary alicyclic amines) is 1. The van der Waals surface area contributed by atoms with Crippen LogP contribution in [0, 0.1) is 5.82 Å². The van der Waals surface area contributed by atoms with E-state index in [4.69, 9.17) is 9.47 Å². The quantitative estimate of drug-likeness (QED) is 0.472. The number of rotatable bonds is 5. The number of amides is 1. The molecule has 1 saturated heterocycles. The maximum Gasteiger partial charge on any atom is 0.295 e. The van der Waals surface area contributed by atoms with E-state index in [1.165, 1.54) is 31.2 Å². The number of nitrogens with zero attached hydrogens (tertiary/aromatic N) is 1. The Balaban J connectivity index is 2.13. The zero-order valence-corrected chi connectivity index (χ0v) is 16.6. The Bertz CT molecular complexity index is 981. The van der Waals surface area contributed by atoms with Crippen LogP contribution in [0.3, 0.4) is 0 Å². The molecule has 0 spiro atoms. The summed E-state index contributed by atoms with van der Waals surface area (Å²) in [5.74, 6) is -1.87. The van der Waals surface area contributed by atoms with E-state index in [1.807, 2.05) is 13.8 Å². The fourth-order valence-corrected chi connectivity index (χ4v) is 3.35. The van der Waals surface area contributed by atoms with Crippen molar-refractivity contribution >= 4 is 17.4 Å². The first-order valence-corrected chi connectivity index (χ1v) is 9.09. The largest absolute Gasteiger partial charge is 0.507 e. The molecule has 1 fully saturated rings. The number of methoxy groups -OCH3 is 1. The number of likely N-dealkylation sites (N-methyl/N-ethyl adjacent to an activating group) is 1. The fourth-order valence-electron chi connectivity index (χ4n) is 3.35. The van der Waals surface area contributed by atoms with E-state index in [0.29, 0.717) is 11.3 Å². The average molecular weight is 399 g/mol. The second-order valence-electron chi connectivity index (χ2n) is 6.99. The summed E-state index contributed by atoms with van der Waals surface area (Å²) in [6.45, 7) is 3.81. The lowest BCUT2D eigenvalue weighted by molar-refractivity contribution is -0.139. The predicted molar refractivity (Wildman–Crippen MR) is 105 cm³/mol. The number of carbonyl (C=O) groups excluding carboxylic acids is 2. The molecule has 1 N–H and O–H groups in total. The van der Waals surface area contributed by atoms with Gasteiger partial charge in [-0.2, -0.15) is 0 Å². The second kappa shape index (κ2) is 7.95. The molecule has 1 heterocycles. The Kier molecular flexibility index (Phi) is 5.59. The number of aliphatic hydroxyl groups excluding tert-OH is 1. The molecular weight excluding hydrogens is 377 g/mol. The van der Waals surface area contributed by atoms with E-state index in [2.05, 4.69) is 0 Å². The first kappa shape index (κ1) is 20.4. The molecule has 152 valence electrons. The van der Waals surface area contributed by atoms with Gasteiger partial charge in [0.2, 0.25) is 0 Å². The molecule has 7 heteroatoms. The maximum absolute atomic E-state index is 13.8. The Morgan fingerprint density at radius 3 is 2.38 bits per heavy atom. The van der Waals surface area contributed by atoms with Gasteiger partial charge in [-0.1, -0.05) is 12.1 Å². The Labute approximate surface area is 168 Å². The lowest BCUT2D eigenvalue weighted by Crippen LogP contribution is -2.24. The molecule has 0 saturated carbocycles. The van der Waals surface area contributed by atoms with Crippen molar-refractivity contribution in [2.75, 3.05) is 14.2 Å². The van der Waals surface area contributed by atoms with Crippen LogP contribution in [0.2, 0.25) is 0 Å². The van der Waals surface area contributed by atoms with Crippen LogP contribution in [0.25, 0.3) is 5.76 Å². The third kappa shape index (κ3) is 3.81. The van der Waals surface area contributed by atoms with Crippen LogP contribution in [-0.4, -0.2) is 42.0 Å². The number of halogens is 1. The molecule has 0 aromatic heterocycles. The zero-order chi connectivity index (χ0) is 21.3. The van der Waals surface area contributed by atoms with Gasteiger partial charge in [0.05, 0.1) is 30.4 Å². The molecule has 0 radical (unpaired) electrons. The van der Waals surface area contributed by atoms with Crippen molar-refractivity contribution in [3.05, 3.63) is 65.0 Å². The normalized spacial score (nSPS) is 18.4. The summed E-state index contributed by atoms with van der Waals surface area (Å²) >= 11 is 0. The highest BCUT2D eigenvalue weighted by molar-refractivity contribution is 6.46. The van der Waals surface area contributed by atoms with E-state index in [9.17, 15) is 19.1 Å². The number of hydrogen-bond acceptors (Lipinski definition) is 5. The van der Waals surface area contributed by atoms with Gasteiger partial charge in [-0.15, -0.1) is 0 Å². The molecule has 1 unspecified atom stereocenters. The van der Waals surface area contributed by atoms with Crippen LogP contribution in [-0.2, 0) is 9.59 Å². The average Bonchev–Trinajstić information content (AvgIpc) is 2.91. The Hall–Kier alpha value is -3.35. The van der Waals surface area contributed by atoms with Crippen LogP contribution in [0.4, 0.5) is 4.39 Å². The van der Waals surface area contributed by atoms with Crippen LogP contribution >= 0.6 is 0 Å². The number of Topliss-reactive ketones (excluding diaryl/α,β-unsaturated/α-hetero) is 1. The van der Waals surface area contributed by atoms with Gasteiger partial charge in [0.1, 0.15) is 23.1 Å². The minimum Gasteiger partial charge on any atom is -0.507 e. The van der Waals surface area contributed by atoms with E-state index in [-0.39, 0.29) is 23.0 Å². The summed E-state index contributed by atoms with van der Waals surface area (Å²) in [6.07, 6.45) is -0.00176. The highest BCUT2D eigenvalue weighted by Crippen LogP contribution is 2.40. The van der Waals surface area contributed by atoms with Gasteiger partial charge < -0.3 is 19.5 Å². The summed E-state index contributed by atoms with van der Waals surface area (Å²) in [6, 6.07) is 9.67. The van der Waals surface area contributed by atoms with Crippen LogP contribution in [0.15, 0.2) is 48.0 Å². The van der Waals surface area contributed by atoms with Crippen molar-refractivity contribution < 1.29 is 28.6 Å². The predicted octanol–water partition coefficient (Wildman–Crippen LogP) is 3.67. The third-order valence-corrected chi connectivity index (χ3v) is 4.66. The molecule has 2 aromatic carbocycles. The Morgan fingerprint density at radius 1 is 1.14 bits per heavy atom. The van der Waals surface area contributed by atoms with Crippen molar-refractivity contribution in [1.29, 1.82) is 0 Å². The molecule has 1 amide bonds. The van der Waals surface area contributed by atoms with Crippen molar-refractivity contribution in [3.8, 4) is 11.5 Å². The smallest absolute Gasteiger partial charge is 0.295 e. The number of carbonyl (C=O) groups is 2. The van der Waals surface area contributed by atoms with Gasteiger partial charge in [-0.05, 0) is 49.7 Å². The molecule has 29 heavy (non-hydrogen) atoms. The Morgan fingerprint density at radius 2 is 1.79 bits per heavy atom. The van der Waals surface area contributed by atoms with Crippen molar-refractivity contribution in [2.45, 2.75) is 26.0 Å². The van der Waals surface area contributed by atoms with Gasteiger partial charge in [0, 0.05) is 7.05 Å². The standard InChI is InChI=1S/C22H22FNO5/c1-12(2)29-15-8-5-13(6-9-15)19-18(21(26)22(27)24(19)3)20(25)16-11-14(23)7-10-17(16)28-4/h5-12,19,25H,1-4H3/b20-18+. The summed E-state index contributed by atoms with van der Waals surface area (Å²) in [5, 5.41) is 10.9. The highest BCUT2D eigenvalue weighted by Gasteiger charge is 2.44. The summed E-state index contributed by atoms with van der Waals surface area (Å²) in [7, 11) is 2.85. The van der Waals surface area contributed by atoms with Crippen molar-refractivity contribution in [2.24, 2.45) is 0 Å². The van der Waals surface area contributed by atoms with Crippen LogP contribution in [0.1, 0.15) is 31.0 Å². The number of aliphatic hydroxyl groups is 1. The molecule has 3 rings (SSSR count). The highest BCUT2D eigenvalue weighted by atomic mass is 19.1. The zero-order valence-electron chi connectivity index (χ0n) is 16.6. The topological polar surface area (TPSA) is 76.1 Å². The third-order valence-electron chi connectivity index (χ3n) is 4.66. The minimum absolute atomic E-state index is 0.00176. The molecule has 6 nitrogen and oxygen atoms in total. The van der Waals surface area contributed by atoms with Gasteiger partial charge in [-0.3, -0.25) is 9.59 Å². The number of benzene rings is 2. The molecule has 1 aliphatic rings. The van der Waals surface area contributed by atoms with E-state index < -0.39 is 29.3 Å². The van der Waals surface area contributed by atoms with Crippen LogP contribution < -0.4 is 9.47 Å². The molecule has 0 bridgehead atoms. The van der Waals surface area contributed by atoms with Gasteiger partial charge >= 0.3 is 0 Å². The molecule has 2 aromatic rings. The first-order chi connectivity index (χ1) is 13.7. The fraction of sp³-hybridized carbons (Fsp3) is 0.273. The second-order valence-corrected chi connectivity index (χ2v) is 6.99. The molecule has 0 aliphatic carbocycles. The molecular formula is C22H22FNO5.